The fraction of sp³-hybridized carbons (Fsp3) is 0.385. The molecule has 0 heterocycles. The van der Waals surface area contributed by atoms with Gasteiger partial charge in [-0.05, 0) is 30.2 Å². The second kappa shape index (κ2) is 7.25. The first-order chi connectivity index (χ1) is 8.97. The average molecular weight is 265 g/mol. The molecule has 1 aromatic carbocycles. The first-order valence-electron chi connectivity index (χ1n) is 5.97. The predicted molar refractivity (Wildman–Crippen MR) is 73.7 cm³/mol. The smallest absolute Gasteiger partial charge is 0.411 e. The molecular formula is C13H19N3O3. The Kier molecular flexibility index (Phi) is 5.66. The van der Waals surface area contributed by atoms with Crippen LogP contribution in [0.15, 0.2) is 24.3 Å². The van der Waals surface area contributed by atoms with Crippen LogP contribution < -0.4 is 15.8 Å². The number of rotatable bonds is 6. The summed E-state index contributed by atoms with van der Waals surface area (Å²) in [6.45, 7) is 4.36. The molecular weight excluding hydrogens is 246 g/mol. The minimum Gasteiger partial charge on any atom is -0.486 e. The lowest BCUT2D eigenvalue weighted by Gasteiger charge is -2.09. The van der Waals surface area contributed by atoms with Gasteiger partial charge in [0.15, 0.2) is 0 Å². The Morgan fingerprint density at radius 1 is 1.37 bits per heavy atom. The Labute approximate surface area is 112 Å². The second-order valence-corrected chi connectivity index (χ2v) is 4.46. The van der Waals surface area contributed by atoms with Gasteiger partial charge in [0.1, 0.15) is 18.2 Å². The summed E-state index contributed by atoms with van der Waals surface area (Å²) < 4.78 is 10.2. The molecule has 0 aromatic heterocycles. The van der Waals surface area contributed by atoms with Crippen LogP contribution in [0.2, 0.25) is 0 Å². The Hall–Kier alpha value is -2.24. The normalized spacial score (nSPS) is 10.1. The Morgan fingerprint density at radius 3 is 2.53 bits per heavy atom. The van der Waals surface area contributed by atoms with Crippen molar-refractivity contribution in [3.8, 4) is 5.75 Å². The molecule has 0 unspecified atom stereocenters. The maximum Gasteiger partial charge on any atom is 0.411 e. The highest BCUT2D eigenvalue weighted by Crippen LogP contribution is 2.15. The van der Waals surface area contributed by atoms with Crippen LogP contribution in [0.4, 0.5) is 10.5 Å². The van der Waals surface area contributed by atoms with Gasteiger partial charge in [0.25, 0.3) is 0 Å². The summed E-state index contributed by atoms with van der Waals surface area (Å²) in [7, 11) is 0. The number of hydrogen-bond acceptors (Lipinski definition) is 4. The highest BCUT2D eigenvalue weighted by atomic mass is 16.5. The summed E-state index contributed by atoms with van der Waals surface area (Å²) in [4.78, 5) is 11.4. The molecule has 0 saturated carbocycles. The van der Waals surface area contributed by atoms with E-state index in [0.29, 0.717) is 24.0 Å². The predicted octanol–water partition coefficient (Wildman–Crippen LogP) is 2.21. The average Bonchev–Trinajstić information content (AvgIpc) is 2.35. The van der Waals surface area contributed by atoms with Crippen molar-refractivity contribution in [2.45, 2.75) is 13.8 Å². The molecule has 0 spiro atoms. The van der Waals surface area contributed by atoms with E-state index in [0.717, 1.165) is 0 Å². The van der Waals surface area contributed by atoms with Crippen LogP contribution in [0.25, 0.3) is 0 Å². The number of hydrogen-bond donors (Lipinski definition) is 3. The lowest BCUT2D eigenvalue weighted by molar-refractivity contribution is 0.147. The van der Waals surface area contributed by atoms with Crippen LogP contribution in [0.5, 0.6) is 5.75 Å². The number of ether oxygens (including phenoxy) is 2. The van der Waals surface area contributed by atoms with Crippen molar-refractivity contribution < 1.29 is 14.3 Å². The van der Waals surface area contributed by atoms with E-state index in [2.05, 4.69) is 5.32 Å². The summed E-state index contributed by atoms with van der Waals surface area (Å²) in [5, 5.41) is 9.64. The van der Waals surface area contributed by atoms with Gasteiger partial charge in [-0.25, -0.2) is 4.79 Å². The quantitative estimate of drug-likeness (QED) is 0.542. The van der Waals surface area contributed by atoms with Crippen molar-refractivity contribution in [3.63, 3.8) is 0 Å². The Balaban J connectivity index is 2.43. The van der Waals surface area contributed by atoms with Crippen LogP contribution in [0.3, 0.4) is 0 Å². The first kappa shape index (κ1) is 14.8. The van der Waals surface area contributed by atoms with Crippen molar-refractivity contribution >= 4 is 17.6 Å². The lowest BCUT2D eigenvalue weighted by atomic mass is 10.2. The summed E-state index contributed by atoms with van der Waals surface area (Å²) in [5.74, 6) is 0.837. The third kappa shape index (κ3) is 6.30. The highest BCUT2D eigenvalue weighted by Gasteiger charge is 2.04. The summed E-state index contributed by atoms with van der Waals surface area (Å²) >= 11 is 0. The molecule has 0 saturated heterocycles. The van der Waals surface area contributed by atoms with Gasteiger partial charge in [-0.3, -0.25) is 10.7 Å². The number of carbonyl (C=O) groups excluding carboxylic acids is 1. The first-order valence-corrected chi connectivity index (χ1v) is 5.97. The fourth-order valence-corrected chi connectivity index (χ4v) is 1.19. The van der Waals surface area contributed by atoms with Gasteiger partial charge in [-0.2, -0.15) is 0 Å². The maximum absolute atomic E-state index is 11.4. The molecule has 6 nitrogen and oxygen atoms in total. The molecule has 19 heavy (non-hydrogen) atoms. The molecule has 0 aliphatic heterocycles. The standard InChI is InChI=1S/C13H19N3O3/c1-9(2)7-19-13(17)16-10-3-5-11(6-4-10)18-8-12(14)15/h3-6,9H,7-8H2,1-2H3,(H3,14,15)(H,16,17). The summed E-state index contributed by atoms with van der Waals surface area (Å²) in [6.07, 6.45) is -0.480. The number of benzene rings is 1. The number of amides is 1. The molecule has 1 rings (SSSR count). The van der Waals surface area contributed by atoms with E-state index in [9.17, 15) is 4.79 Å². The molecule has 0 fully saturated rings. The third-order valence-corrected chi connectivity index (χ3v) is 2.04. The van der Waals surface area contributed by atoms with Crippen molar-refractivity contribution in [2.24, 2.45) is 11.7 Å². The number of carbonyl (C=O) groups is 1. The molecule has 0 radical (unpaired) electrons. The van der Waals surface area contributed by atoms with Gasteiger partial charge in [0, 0.05) is 5.69 Å². The number of amidine groups is 1. The largest absolute Gasteiger partial charge is 0.486 e. The molecule has 0 bridgehead atoms. The van der Waals surface area contributed by atoms with E-state index < -0.39 is 6.09 Å². The van der Waals surface area contributed by atoms with E-state index >= 15 is 0 Å². The van der Waals surface area contributed by atoms with Gasteiger partial charge in [-0.1, -0.05) is 13.8 Å². The summed E-state index contributed by atoms with van der Waals surface area (Å²) in [5.41, 5.74) is 5.79. The zero-order chi connectivity index (χ0) is 14.3. The monoisotopic (exact) mass is 265 g/mol. The van der Waals surface area contributed by atoms with Gasteiger partial charge in [0.2, 0.25) is 0 Å². The van der Waals surface area contributed by atoms with E-state index in [-0.39, 0.29) is 12.4 Å². The number of nitrogens with two attached hydrogens (primary N) is 1. The van der Waals surface area contributed by atoms with E-state index in [1.54, 1.807) is 24.3 Å². The van der Waals surface area contributed by atoms with Crippen molar-refractivity contribution in [2.75, 3.05) is 18.5 Å². The van der Waals surface area contributed by atoms with Crippen LogP contribution in [-0.4, -0.2) is 25.1 Å². The maximum atomic E-state index is 11.4. The Morgan fingerprint density at radius 2 is 2.00 bits per heavy atom. The molecule has 0 aliphatic rings. The van der Waals surface area contributed by atoms with Crippen molar-refractivity contribution in [1.82, 2.24) is 0 Å². The minimum atomic E-state index is -0.480. The molecule has 0 aliphatic carbocycles. The molecule has 104 valence electrons. The van der Waals surface area contributed by atoms with Gasteiger partial charge >= 0.3 is 6.09 Å². The Bertz CT molecular complexity index is 429. The van der Waals surface area contributed by atoms with Crippen molar-refractivity contribution in [3.05, 3.63) is 24.3 Å². The lowest BCUT2D eigenvalue weighted by Crippen LogP contribution is -2.19. The highest BCUT2D eigenvalue weighted by molar-refractivity contribution is 5.84. The van der Waals surface area contributed by atoms with Gasteiger partial charge in [-0.15, -0.1) is 0 Å². The van der Waals surface area contributed by atoms with Crippen LogP contribution in [-0.2, 0) is 4.74 Å². The van der Waals surface area contributed by atoms with Crippen LogP contribution in [0.1, 0.15) is 13.8 Å². The molecule has 0 atom stereocenters. The van der Waals surface area contributed by atoms with Crippen molar-refractivity contribution in [1.29, 1.82) is 5.41 Å². The third-order valence-electron chi connectivity index (χ3n) is 2.04. The van der Waals surface area contributed by atoms with Crippen LogP contribution in [0, 0.1) is 11.3 Å². The summed E-state index contributed by atoms with van der Waals surface area (Å²) in [6, 6.07) is 6.74. The minimum absolute atomic E-state index is 0.0422. The topological polar surface area (TPSA) is 97.4 Å². The van der Waals surface area contributed by atoms with E-state index in [1.807, 2.05) is 13.8 Å². The van der Waals surface area contributed by atoms with Gasteiger partial charge in [0.05, 0.1) is 6.61 Å². The van der Waals surface area contributed by atoms with E-state index in [1.165, 1.54) is 0 Å². The zero-order valence-electron chi connectivity index (χ0n) is 11.1. The SMILES string of the molecule is CC(C)COC(=O)Nc1ccc(OCC(=N)N)cc1. The van der Waals surface area contributed by atoms with Crippen LogP contribution >= 0.6 is 0 Å². The molecule has 1 aromatic rings. The molecule has 4 N–H and O–H groups in total. The number of anilines is 1. The second-order valence-electron chi connectivity index (χ2n) is 4.46. The zero-order valence-corrected chi connectivity index (χ0v) is 11.1. The number of nitrogens with one attached hydrogen (secondary N) is 2. The fourth-order valence-electron chi connectivity index (χ4n) is 1.19. The molecule has 1 amide bonds. The van der Waals surface area contributed by atoms with E-state index in [4.69, 9.17) is 20.6 Å². The molecule has 6 heteroatoms. The van der Waals surface area contributed by atoms with Gasteiger partial charge < -0.3 is 15.2 Å².